The molecule has 5 rings (SSSR count). The summed E-state index contributed by atoms with van der Waals surface area (Å²) in [6.45, 7) is 16.1. The normalized spacial score (nSPS) is 19.1. The van der Waals surface area contributed by atoms with Crippen LogP contribution in [0.4, 0.5) is 17.1 Å². The molecule has 2 unspecified atom stereocenters. The topological polar surface area (TPSA) is 91.9 Å². The SMILES string of the molecule is CCN(CC)c1ccc(C2(c3ccc(N(CC)CC)cc3)OC(c3cccc([N+](=O)[O-])c3)OC3=C(C)C(C)=CC(=N)C32)cc1. The molecule has 1 N–H and O–H groups in total. The van der Waals surface area contributed by atoms with Gasteiger partial charge in [0.1, 0.15) is 11.4 Å². The first-order valence-corrected chi connectivity index (χ1v) is 15.5. The monoisotopic (exact) mass is 594 g/mol. The molecule has 8 nitrogen and oxygen atoms in total. The Morgan fingerprint density at radius 1 is 0.841 bits per heavy atom. The number of nitrogens with one attached hydrogen (secondary N) is 1. The van der Waals surface area contributed by atoms with Gasteiger partial charge in [0, 0.05) is 61.0 Å². The minimum atomic E-state index is -1.15. The molecule has 1 aliphatic carbocycles. The van der Waals surface area contributed by atoms with Crippen molar-refractivity contribution in [3.63, 3.8) is 0 Å². The highest BCUT2D eigenvalue weighted by Gasteiger charge is 2.55. The largest absolute Gasteiger partial charge is 0.464 e. The van der Waals surface area contributed by atoms with Gasteiger partial charge in [-0.1, -0.05) is 36.4 Å². The van der Waals surface area contributed by atoms with E-state index in [0.29, 0.717) is 17.0 Å². The van der Waals surface area contributed by atoms with E-state index in [2.05, 4.69) is 86.0 Å². The van der Waals surface area contributed by atoms with Crippen LogP contribution in [0.3, 0.4) is 0 Å². The van der Waals surface area contributed by atoms with E-state index in [4.69, 9.17) is 9.47 Å². The molecule has 0 amide bonds. The molecule has 44 heavy (non-hydrogen) atoms. The highest BCUT2D eigenvalue weighted by molar-refractivity contribution is 6.00. The molecule has 0 aromatic heterocycles. The molecular formula is C36H42N4O4. The zero-order valence-corrected chi connectivity index (χ0v) is 26.5. The fourth-order valence-corrected chi connectivity index (χ4v) is 6.49. The number of hydrogen-bond donors (Lipinski definition) is 1. The Morgan fingerprint density at radius 3 is 1.84 bits per heavy atom. The van der Waals surface area contributed by atoms with Gasteiger partial charge in [0.05, 0.1) is 10.8 Å². The van der Waals surface area contributed by atoms with Gasteiger partial charge < -0.3 is 24.7 Å². The predicted molar refractivity (Wildman–Crippen MR) is 176 cm³/mol. The first-order chi connectivity index (χ1) is 21.2. The van der Waals surface area contributed by atoms with Crippen LogP contribution in [-0.2, 0) is 15.1 Å². The molecule has 1 saturated heterocycles. The molecule has 0 saturated carbocycles. The van der Waals surface area contributed by atoms with Gasteiger partial charge in [-0.25, -0.2) is 0 Å². The molecule has 0 radical (unpaired) electrons. The van der Waals surface area contributed by atoms with E-state index >= 15 is 0 Å². The van der Waals surface area contributed by atoms with Crippen LogP contribution in [-0.4, -0.2) is 36.8 Å². The van der Waals surface area contributed by atoms with Crippen molar-refractivity contribution in [3.8, 4) is 0 Å². The fraction of sp³-hybridized carbons (Fsp3) is 0.361. The maximum Gasteiger partial charge on any atom is 0.269 e. The van der Waals surface area contributed by atoms with Gasteiger partial charge in [-0.3, -0.25) is 10.1 Å². The molecule has 3 aromatic carbocycles. The summed E-state index contributed by atoms with van der Waals surface area (Å²) in [7, 11) is 0. The maximum atomic E-state index is 11.7. The number of nitro groups is 1. The number of anilines is 2. The summed E-state index contributed by atoms with van der Waals surface area (Å²) < 4.78 is 13.7. The summed E-state index contributed by atoms with van der Waals surface area (Å²) >= 11 is 0. The fourth-order valence-electron chi connectivity index (χ4n) is 6.49. The number of non-ortho nitro benzene ring substituents is 1. The quantitative estimate of drug-likeness (QED) is 0.188. The number of nitro benzene ring substituents is 1. The third-order valence-electron chi connectivity index (χ3n) is 9.04. The number of fused-ring (bicyclic) bond motifs is 1. The predicted octanol–water partition coefficient (Wildman–Crippen LogP) is 8.15. The van der Waals surface area contributed by atoms with E-state index in [0.717, 1.165) is 59.8 Å². The summed E-state index contributed by atoms with van der Waals surface area (Å²) in [5.41, 5.74) is 5.62. The smallest absolute Gasteiger partial charge is 0.269 e. The third kappa shape index (κ3) is 5.39. The Bertz CT molecular complexity index is 1530. The first kappa shape index (κ1) is 31.0. The summed E-state index contributed by atoms with van der Waals surface area (Å²) in [6.07, 6.45) is 0.951. The second-order valence-corrected chi connectivity index (χ2v) is 11.3. The van der Waals surface area contributed by atoms with Gasteiger partial charge in [0.25, 0.3) is 5.69 Å². The van der Waals surface area contributed by atoms with Crippen LogP contribution in [0.1, 0.15) is 64.5 Å². The van der Waals surface area contributed by atoms with Gasteiger partial charge in [-0.2, -0.15) is 0 Å². The average molecular weight is 595 g/mol. The second kappa shape index (κ2) is 12.7. The number of allylic oxidation sites excluding steroid dienone is 3. The van der Waals surface area contributed by atoms with Crippen LogP contribution < -0.4 is 9.80 Å². The van der Waals surface area contributed by atoms with Crippen molar-refractivity contribution in [3.05, 3.63) is 123 Å². The van der Waals surface area contributed by atoms with Gasteiger partial charge >= 0.3 is 0 Å². The Labute approximate surface area is 260 Å². The van der Waals surface area contributed by atoms with Gasteiger partial charge in [0.15, 0.2) is 0 Å². The summed E-state index contributed by atoms with van der Waals surface area (Å²) in [4.78, 5) is 15.9. The molecule has 1 fully saturated rings. The van der Waals surface area contributed by atoms with Crippen molar-refractivity contribution in [2.75, 3.05) is 36.0 Å². The van der Waals surface area contributed by atoms with Crippen molar-refractivity contribution >= 4 is 22.8 Å². The highest BCUT2D eigenvalue weighted by atomic mass is 16.7. The lowest BCUT2D eigenvalue weighted by Crippen LogP contribution is -2.50. The van der Waals surface area contributed by atoms with E-state index in [-0.39, 0.29) is 5.69 Å². The van der Waals surface area contributed by atoms with Gasteiger partial charge in [-0.15, -0.1) is 0 Å². The zero-order valence-electron chi connectivity index (χ0n) is 26.5. The number of rotatable bonds is 10. The molecule has 0 spiro atoms. The number of hydrogen-bond acceptors (Lipinski definition) is 7. The maximum absolute atomic E-state index is 11.7. The minimum Gasteiger partial charge on any atom is -0.464 e. The second-order valence-electron chi connectivity index (χ2n) is 11.3. The standard InChI is InChI=1S/C36H42N4O4/c1-7-38(8-2)29-18-14-27(15-19-29)36(28-16-20-30(21-17-28)39(9-3)10-4)33-32(37)22-24(5)25(6)34(33)43-35(44-36)26-12-11-13-31(23-26)40(41)42/h11-23,33,35,37H,7-10H2,1-6H3. The van der Waals surface area contributed by atoms with Crippen LogP contribution in [0, 0.1) is 21.4 Å². The van der Waals surface area contributed by atoms with E-state index in [1.165, 1.54) is 12.1 Å². The van der Waals surface area contributed by atoms with Crippen LogP contribution >= 0.6 is 0 Å². The van der Waals surface area contributed by atoms with E-state index in [1.54, 1.807) is 12.1 Å². The number of nitrogens with zero attached hydrogens (tertiary/aromatic N) is 3. The Kier molecular flexibility index (Phi) is 8.92. The minimum absolute atomic E-state index is 0.0345. The van der Waals surface area contributed by atoms with E-state index in [9.17, 15) is 15.5 Å². The molecule has 2 aliphatic rings. The Morgan fingerprint density at radius 2 is 1.36 bits per heavy atom. The summed E-state index contributed by atoms with van der Waals surface area (Å²) in [6, 6.07) is 23.2. The summed E-state index contributed by atoms with van der Waals surface area (Å²) in [5, 5.41) is 21.0. The zero-order chi connectivity index (χ0) is 31.6. The van der Waals surface area contributed by atoms with Crippen molar-refractivity contribution in [2.45, 2.75) is 53.4 Å². The Hall–Kier alpha value is -4.43. The molecule has 8 heteroatoms. The number of benzene rings is 3. The van der Waals surface area contributed by atoms with Crippen LogP contribution in [0.25, 0.3) is 0 Å². The van der Waals surface area contributed by atoms with Crippen LogP contribution in [0.15, 0.2) is 95.8 Å². The van der Waals surface area contributed by atoms with Crippen molar-refractivity contribution in [1.29, 1.82) is 5.41 Å². The van der Waals surface area contributed by atoms with E-state index < -0.39 is 22.7 Å². The lowest BCUT2D eigenvalue weighted by molar-refractivity contribution is -0.385. The molecule has 3 aromatic rings. The van der Waals surface area contributed by atoms with Crippen molar-refractivity contribution in [2.24, 2.45) is 5.92 Å². The molecule has 230 valence electrons. The highest BCUT2D eigenvalue weighted by Crippen LogP contribution is 2.55. The lowest BCUT2D eigenvalue weighted by Gasteiger charge is -2.50. The van der Waals surface area contributed by atoms with Crippen LogP contribution in [0.5, 0.6) is 0 Å². The van der Waals surface area contributed by atoms with Crippen molar-refractivity contribution in [1.82, 2.24) is 0 Å². The van der Waals surface area contributed by atoms with Gasteiger partial charge in [-0.05, 0) is 94.2 Å². The van der Waals surface area contributed by atoms with Gasteiger partial charge in [0.2, 0.25) is 6.29 Å². The molecule has 2 atom stereocenters. The average Bonchev–Trinajstić information content (AvgIpc) is 3.05. The Balaban J connectivity index is 1.77. The molecule has 1 aliphatic heterocycles. The molecule has 1 heterocycles. The number of ether oxygens (including phenoxy) is 2. The summed E-state index contributed by atoms with van der Waals surface area (Å²) in [5.74, 6) is 0.0816. The van der Waals surface area contributed by atoms with E-state index in [1.807, 2.05) is 19.9 Å². The molecule has 0 bridgehead atoms. The third-order valence-corrected chi connectivity index (χ3v) is 9.04. The molecular weight excluding hydrogens is 552 g/mol. The van der Waals surface area contributed by atoms with Crippen molar-refractivity contribution < 1.29 is 14.4 Å². The lowest BCUT2D eigenvalue weighted by atomic mass is 9.69. The first-order valence-electron chi connectivity index (χ1n) is 15.5. The van der Waals surface area contributed by atoms with Crippen LogP contribution in [0.2, 0.25) is 0 Å².